The Morgan fingerprint density at radius 1 is 1.14 bits per heavy atom. The summed E-state index contributed by atoms with van der Waals surface area (Å²) in [7, 11) is 0. The van der Waals surface area contributed by atoms with Crippen LogP contribution in [0, 0.1) is 0 Å². The Balaban J connectivity index is 0.00000220. The molecule has 0 saturated heterocycles. The van der Waals surface area contributed by atoms with Gasteiger partial charge >= 0.3 is 12.3 Å². The largest absolute Gasteiger partial charge is 0.573 e. The van der Waals surface area contributed by atoms with E-state index in [4.69, 9.17) is 4.74 Å². The van der Waals surface area contributed by atoms with E-state index in [0.29, 0.717) is 11.3 Å². The Hall–Kier alpha value is -2.15. The van der Waals surface area contributed by atoms with Gasteiger partial charge in [0.15, 0.2) is 0 Å². The van der Waals surface area contributed by atoms with E-state index in [-0.39, 0.29) is 24.8 Å². The molecule has 0 aliphatic heterocycles. The van der Waals surface area contributed by atoms with E-state index in [1.165, 1.54) is 12.1 Å². The lowest BCUT2D eigenvalue weighted by atomic mass is 10.2. The van der Waals surface area contributed by atoms with Crippen molar-refractivity contribution >= 4 is 18.4 Å². The first-order valence-electron chi connectivity index (χ1n) is 5.59. The van der Waals surface area contributed by atoms with Gasteiger partial charge in [-0.15, -0.1) is 25.6 Å². The summed E-state index contributed by atoms with van der Waals surface area (Å²) in [6.45, 7) is -0.0375. The molecule has 21 heavy (non-hydrogen) atoms. The first kappa shape index (κ1) is 16.9. The highest BCUT2D eigenvalue weighted by Gasteiger charge is 2.30. The summed E-state index contributed by atoms with van der Waals surface area (Å²) in [6.07, 6.45) is -3.14. The average Bonchev–Trinajstić information content (AvgIpc) is 2.89. The fourth-order valence-corrected chi connectivity index (χ4v) is 1.47. The number of H-pyrrole nitrogens is 1. The van der Waals surface area contributed by atoms with Crippen molar-refractivity contribution in [1.29, 1.82) is 0 Å². The second-order valence-electron chi connectivity index (χ2n) is 3.85. The van der Waals surface area contributed by atoms with E-state index in [1.54, 1.807) is 18.3 Å². The number of carbonyl (C=O) groups excluding carboxylic acids is 1. The van der Waals surface area contributed by atoms with E-state index in [9.17, 15) is 18.0 Å². The van der Waals surface area contributed by atoms with Crippen LogP contribution in [-0.2, 0) is 11.3 Å². The van der Waals surface area contributed by atoms with Crippen LogP contribution in [0.2, 0.25) is 0 Å². The summed E-state index contributed by atoms with van der Waals surface area (Å²) in [5.41, 5.74) is 0.862. The number of hydrogen-bond donors (Lipinski definition) is 1. The first-order chi connectivity index (χ1) is 9.44. The molecular weight excluding hydrogens is 311 g/mol. The van der Waals surface area contributed by atoms with Crippen LogP contribution in [0.3, 0.4) is 0 Å². The Morgan fingerprint density at radius 3 is 2.33 bits per heavy atom. The molecule has 0 saturated carbocycles. The molecule has 1 aromatic carbocycles. The van der Waals surface area contributed by atoms with E-state index >= 15 is 0 Å². The molecule has 4 nitrogen and oxygen atoms in total. The molecule has 0 fully saturated rings. The van der Waals surface area contributed by atoms with Crippen LogP contribution >= 0.6 is 12.4 Å². The Bertz CT molecular complexity index is 567. The van der Waals surface area contributed by atoms with Crippen molar-refractivity contribution in [3.63, 3.8) is 0 Å². The zero-order valence-corrected chi connectivity index (χ0v) is 11.3. The van der Waals surface area contributed by atoms with E-state index in [1.807, 2.05) is 0 Å². The van der Waals surface area contributed by atoms with Crippen molar-refractivity contribution in [3.05, 3.63) is 53.9 Å². The van der Waals surface area contributed by atoms with E-state index in [2.05, 4.69) is 9.72 Å². The second-order valence-corrected chi connectivity index (χ2v) is 3.85. The molecule has 1 N–H and O–H groups in total. The van der Waals surface area contributed by atoms with Crippen LogP contribution in [-0.4, -0.2) is 17.3 Å². The predicted octanol–water partition coefficient (Wildman–Crippen LogP) is 3.69. The molecule has 0 spiro atoms. The maximum atomic E-state index is 12.0. The van der Waals surface area contributed by atoms with Gasteiger partial charge in [0.1, 0.15) is 18.1 Å². The quantitative estimate of drug-likeness (QED) is 0.874. The van der Waals surface area contributed by atoms with Gasteiger partial charge < -0.3 is 14.5 Å². The van der Waals surface area contributed by atoms with Crippen LogP contribution in [0.5, 0.6) is 5.75 Å². The number of rotatable bonds is 4. The number of esters is 1. The Labute approximate surface area is 124 Å². The lowest BCUT2D eigenvalue weighted by Gasteiger charge is -2.09. The minimum Gasteiger partial charge on any atom is -0.456 e. The molecule has 0 radical (unpaired) electrons. The third-order valence-electron chi connectivity index (χ3n) is 2.34. The van der Waals surface area contributed by atoms with Crippen LogP contribution < -0.4 is 4.74 Å². The minimum absolute atomic E-state index is 0. The van der Waals surface area contributed by atoms with Crippen molar-refractivity contribution in [1.82, 2.24) is 4.98 Å². The van der Waals surface area contributed by atoms with Gasteiger partial charge in [-0.3, -0.25) is 0 Å². The lowest BCUT2D eigenvalue weighted by Crippen LogP contribution is -2.17. The molecule has 2 aromatic rings. The van der Waals surface area contributed by atoms with Gasteiger partial charge in [0.25, 0.3) is 0 Å². The summed E-state index contributed by atoms with van der Waals surface area (Å²) in [6, 6.07) is 8.31. The molecule has 0 aliphatic rings. The first-order valence-corrected chi connectivity index (χ1v) is 5.59. The van der Waals surface area contributed by atoms with E-state index in [0.717, 1.165) is 12.1 Å². The predicted molar refractivity (Wildman–Crippen MR) is 70.3 cm³/mol. The molecule has 8 heteroatoms. The van der Waals surface area contributed by atoms with Crippen molar-refractivity contribution in [3.8, 4) is 5.75 Å². The molecule has 0 aliphatic carbocycles. The molecule has 2 rings (SSSR count). The van der Waals surface area contributed by atoms with Gasteiger partial charge in [0.05, 0.1) is 0 Å². The topological polar surface area (TPSA) is 51.3 Å². The molecule has 0 unspecified atom stereocenters. The molecule has 0 bridgehead atoms. The fourth-order valence-electron chi connectivity index (χ4n) is 1.47. The Morgan fingerprint density at radius 2 is 1.81 bits per heavy atom. The van der Waals surface area contributed by atoms with E-state index < -0.39 is 12.3 Å². The number of nitrogens with one attached hydrogen (secondary N) is 1. The Kier molecular flexibility index (Phi) is 5.66. The van der Waals surface area contributed by atoms with Crippen LogP contribution in [0.15, 0.2) is 42.6 Å². The summed E-state index contributed by atoms with van der Waals surface area (Å²) in [5.74, 6) is -0.859. The number of aromatic amines is 1. The maximum absolute atomic E-state index is 12.0. The lowest BCUT2D eigenvalue weighted by molar-refractivity contribution is -0.274. The van der Waals surface area contributed by atoms with Gasteiger partial charge in [-0.25, -0.2) is 4.79 Å². The highest BCUT2D eigenvalue weighted by molar-refractivity contribution is 5.87. The molecule has 0 amide bonds. The fraction of sp³-hybridized carbons (Fsp3) is 0.154. The zero-order chi connectivity index (χ0) is 14.6. The summed E-state index contributed by atoms with van der Waals surface area (Å²) in [4.78, 5) is 14.2. The normalized spacial score (nSPS) is 10.6. The number of halogens is 4. The second kappa shape index (κ2) is 7.03. The van der Waals surface area contributed by atoms with Crippen molar-refractivity contribution in [2.45, 2.75) is 13.0 Å². The van der Waals surface area contributed by atoms with Gasteiger partial charge in [0, 0.05) is 6.20 Å². The summed E-state index contributed by atoms with van der Waals surface area (Å²) >= 11 is 0. The van der Waals surface area contributed by atoms with Gasteiger partial charge in [-0.1, -0.05) is 12.1 Å². The van der Waals surface area contributed by atoms with Crippen molar-refractivity contribution < 1.29 is 27.4 Å². The number of hydrogen-bond acceptors (Lipinski definition) is 3. The SMILES string of the molecule is Cl.O=C(OCc1ccc(OC(F)(F)F)cc1)c1ccc[nH]1. The minimum atomic E-state index is -4.72. The average molecular weight is 322 g/mol. The smallest absolute Gasteiger partial charge is 0.456 e. The third-order valence-corrected chi connectivity index (χ3v) is 2.34. The monoisotopic (exact) mass is 321 g/mol. The third kappa shape index (κ3) is 5.39. The number of ether oxygens (including phenoxy) is 2. The van der Waals surface area contributed by atoms with Crippen LogP contribution in [0.25, 0.3) is 0 Å². The van der Waals surface area contributed by atoms with Crippen molar-refractivity contribution in [2.75, 3.05) is 0 Å². The standard InChI is InChI=1S/C13H10F3NO3.ClH/c14-13(15,16)20-10-5-3-9(4-6-10)8-19-12(18)11-2-1-7-17-11;/h1-7,17H,8H2;1H. The zero-order valence-electron chi connectivity index (χ0n) is 10.5. The van der Waals surface area contributed by atoms with Crippen molar-refractivity contribution in [2.24, 2.45) is 0 Å². The number of alkyl halides is 3. The molecule has 0 atom stereocenters. The summed E-state index contributed by atoms with van der Waals surface area (Å²) in [5, 5.41) is 0. The van der Waals surface area contributed by atoms with Crippen LogP contribution in [0.4, 0.5) is 13.2 Å². The number of aromatic nitrogens is 1. The molecule has 114 valence electrons. The molecule has 1 heterocycles. The maximum Gasteiger partial charge on any atom is 0.573 e. The van der Waals surface area contributed by atoms with Gasteiger partial charge in [0.2, 0.25) is 0 Å². The molecular formula is C13H11ClF3NO3. The van der Waals surface area contributed by atoms with Gasteiger partial charge in [-0.2, -0.15) is 0 Å². The highest BCUT2D eigenvalue weighted by Crippen LogP contribution is 2.22. The summed E-state index contributed by atoms with van der Waals surface area (Å²) < 4.78 is 44.6. The number of carbonyl (C=O) groups is 1. The highest BCUT2D eigenvalue weighted by atomic mass is 35.5. The van der Waals surface area contributed by atoms with Gasteiger partial charge in [-0.05, 0) is 29.8 Å². The van der Waals surface area contributed by atoms with Crippen LogP contribution in [0.1, 0.15) is 16.1 Å². The number of benzene rings is 1. The molecule has 1 aromatic heterocycles.